The summed E-state index contributed by atoms with van der Waals surface area (Å²) in [4.78, 5) is 14.3. The molecule has 0 radical (unpaired) electrons. The zero-order valence-corrected chi connectivity index (χ0v) is 9.04. The number of hydrogen-bond donors (Lipinski definition) is 1. The Bertz CT molecular complexity index is 511. The Morgan fingerprint density at radius 1 is 1.18 bits per heavy atom. The van der Waals surface area contributed by atoms with Gasteiger partial charge in [0.1, 0.15) is 5.75 Å². The van der Waals surface area contributed by atoms with Gasteiger partial charge in [0.15, 0.2) is 6.61 Å². The highest BCUT2D eigenvalue weighted by molar-refractivity contribution is 5.69. The van der Waals surface area contributed by atoms with Gasteiger partial charge in [-0.3, -0.25) is 4.98 Å². The summed E-state index contributed by atoms with van der Waals surface area (Å²) in [6.45, 7) is -0.334. The summed E-state index contributed by atoms with van der Waals surface area (Å²) in [6.07, 6.45) is 3.42. The second-order valence-corrected chi connectivity index (χ2v) is 3.45. The SMILES string of the molecule is O=C(O)COc1cccc(-c2ccncc2)c1. The maximum absolute atomic E-state index is 10.4. The van der Waals surface area contributed by atoms with E-state index in [9.17, 15) is 4.79 Å². The standard InChI is InChI=1S/C13H11NO3/c15-13(16)9-17-12-3-1-2-11(8-12)10-4-6-14-7-5-10/h1-8H,9H2,(H,15,16). The van der Waals surface area contributed by atoms with Gasteiger partial charge in [0.2, 0.25) is 0 Å². The maximum atomic E-state index is 10.4. The highest BCUT2D eigenvalue weighted by Crippen LogP contribution is 2.22. The summed E-state index contributed by atoms with van der Waals surface area (Å²) in [5.41, 5.74) is 1.98. The van der Waals surface area contributed by atoms with Crippen LogP contribution in [0.1, 0.15) is 0 Å². The van der Waals surface area contributed by atoms with Gasteiger partial charge in [0, 0.05) is 12.4 Å². The minimum atomic E-state index is -0.987. The third kappa shape index (κ3) is 3.04. The second-order valence-electron chi connectivity index (χ2n) is 3.45. The number of aliphatic carboxylic acids is 1. The topological polar surface area (TPSA) is 59.4 Å². The normalized spacial score (nSPS) is 9.88. The number of rotatable bonds is 4. The monoisotopic (exact) mass is 229 g/mol. The zero-order chi connectivity index (χ0) is 12.1. The molecule has 4 heteroatoms. The van der Waals surface area contributed by atoms with Crippen molar-refractivity contribution in [2.45, 2.75) is 0 Å². The van der Waals surface area contributed by atoms with Crippen LogP contribution >= 0.6 is 0 Å². The molecule has 0 bridgehead atoms. The summed E-state index contributed by atoms with van der Waals surface area (Å²) < 4.78 is 5.11. The number of ether oxygens (including phenoxy) is 1. The molecular formula is C13H11NO3. The molecule has 4 nitrogen and oxygen atoms in total. The fourth-order valence-electron chi connectivity index (χ4n) is 1.45. The molecule has 2 aromatic rings. The number of carboxylic acid groups (broad SMARTS) is 1. The van der Waals surface area contributed by atoms with Crippen molar-refractivity contribution < 1.29 is 14.6 Å². The first kappa shape index (κ1) is 11.1. The smallest absolute Gasteiger partial charge is 0.341 e. The van der Waals surface area contributed by atoms with Crippen LogP contribution < -0.4 is 4.74 Å². The Kier molecular flexibility index (Phi) is 3.35. The van der Waals surface area contributed by atoms with Crippen molar-refractivity contribution in [3.63, 3.8) is 0 Å². The Morgan fingerprint density at radius 3 is 2.65 bits per heavy atom. The Balaban J connectivity index is 2.20. The minimum absolute atomic E-state index is 0.334. The van der Waals surface area contributed by atoms with Crippen molar-refractivity contribution in [2.24, 2.45) is 0 Å². The molecule has 17 heavy (non-hydrogen) atoms. The van der Waals surface area contributed by atoms with Crippen LogP contribution in [0, 0.1) is 0 Å². The van der Waals surface area contributed by atoms with Gasteiger partial charge in [-0.25, -0.2) is 4.79 Å². The van der Waals surface area contributed by atoms with Crippen LogP contribution in [-0.4, -0.2) is 22.7 Å². The number of carboxylic acids is 1. The second kappa shape index (κ2) is 5.12. The molecule has 0 amide bonds. The van der Waals surface area contributed by atoms with Crippen molar-refractivity contribution >= 4 is 5.97 Å². The fraction of sp³-hybridized carbons (Fsp3) is 0.0769. The molecule has 0 spiro atoms. The van der Waals surface area contributed by atoms with Gasteiger partial charge < -0.3 is 9.84 Å². The summed E-state index contributed by atoms with van der Waals surface area (Å²) in [5, 5.41) is 8.53. The average Bonchev–Trinajstić information content (AvgIpc) is 2.38. The molecule has 0 aliphatic heterocycles. The molecule has 2 rings (SSSR count). The van der Waals surface area contributed by atoms with Gasteiger partial charge in [0.25, 0.3) is 0 Å². The first-order valence-corrected chi connectivity index (χ1v) is 5.11. The van der Waals surface area contributed by atoms with E-state index in [-0.39, 0.29) is 6.61 Å². The van der Waals surface area contributed by atoms with Crippen molar-refractivity contribution in [2.75, 3.05) is 6.61 Å². The Labute approximate surface area is 98.5 Å². The molecule has 86 valence electrons. The van der Waals surface area contributed by atoms with Gasteiger partial charge in [0.05, 0.1) is 0 Å². The molecule has 0 atom stereocenters. The molecule has 1 N–H and O–H groups in total. The molecule has 1 aromatic carbocycles. The van der Waals surface area contributed by atoms with Crippen molar-refractivity contribution in [1.29, 1.82) is 0 Å². The zero-order valence-electron chi connectivity index (χ0n) is 9.04. The number of nitrogens with zero attached hydrogens (tertiary/aromatic N) is 1. The Morgan fingerprint density at radius 2 is 1.94 bits per heavy atom. The number of benzene rings is 1. The molecule has 0 aliphatic rings. The molecule has 1 aromatic heterocycles. The third-order valence-corrected chi connectivity index (χ3v) is 2.21. The largest absolute Gasteiger partial charge is 0.482 e. The highest BCUT2D eigenvalue weighted by atomic mass is 16.5. The fourth-order valence-corrected chi connectivity index (χ4v) is 1.45. The molecule has 0 saturated carbocycles. The van der Waals surface area contributed by atoms with Crippen LogP contribution in [0.4, 0.5) is 0 Å². The quantitative estimate of drug-likeness (QED) is 0.873. The Hall–Kier alpha value is -2.36. The van der Waals surface area contributed by atoms with Crippen LogP contribution in [0.5, 0.6) is 5.75 Å². The summed E-state index contributed by atoms with van der Waals surface area (Å²) in [5.74, 6) is -0.443. The number of carbonyl (C=O) groups is 1. The average molecular weight is 229 g/mol. The molecular weight excluding hydrogens is 218 g/mol. The first-order chi connectivity index (χ1) is 8.25. The van der Waals surface area contributed by atoms with Crippen molar-refractivity contribution in [3.05, 3.63) is 48.8 Å². The van der Waals surface area contributed by atoms with Gasteiger partial charge in [-0.2, -0.15) is 0 Å². The number of hydrogen-bond acceptors (Lipinski definition) is 3. The van der Waals surface area contributed by atoms with E-state index in [1.807, 2.05) is 24.3 Å². The maximum Gasteiger partial charge on any atom is 0.341 e. The lowest BCUT2D eigenvalue weighted by Gasteiger charge is -2.06. The van der Waals surface area contributed by atoms with Crippen LogP contribution in [0.2, 0.25) is 0 Å². The third-order valence-electron chi connectivity index (χ3n) is 2.21. The van der Waals surface area contributed by atoms with Crippen molar-refractivity contribution in [1.82, 2.24) is 4.98 Å². The highest BCUT2D eigenvalue weighted by Gasteiger charge is 2.01. The van der Waals surface area contributed by atoms with E-state index >= 15 is 0 Å². The summed E-state index contributed by atoms with van der Waals surface area (Å²) in [7, 11) is 0. The van der Waals surface area contributed by atoms with E-state index in [0.717, 1.165) is 11.1 Å². The number of aromatic nitrogens is 1. The van der Waals surface area contributed by atoms with E-state index < -0.39 is 5.97 Å². The molecule has 1 heterocycles. The van der Waals surface area contributed by atoms with E-state index in [2.05, 4.69) is 4.98 Å². The van der Waals surface area contributed by atoms with Crippen LogP contribution in [-0.2, 0) is 4.79 Å². The lowest BCUT2D eigenvalue weighted by atomic mass is 10.1. The van der Waals surface area contributed by atoms with E-state index in [0.29, 0.717) is 5.75 Å². The van der Waals surface area contributed by atoms with Gasteiger partial charge >= 0.3 is 5.97 Å². The summed E-state index contributed by atoms with van der Waals surface area (Å²) >= 11 is 0. The van der Waals surface area contributed by atoms with E-state index in [4.69, 9.17) is 9.84 Å². The summed E-state index contributed by atoms with van der Waals surface area (Å²) in [6, 6.07) is 11.1. The molecule has 0 saturated heterocycles. The lowest BCUT2D eigenvalue weighted by molar-refractivity contribution is -0.139. The molecule has 0 fully saturated rings. The predicted molar refractivity (Wildman–Crippen MR) is 62.8 cm³/mol. The number of pyridine rings is 1. The first-order valence-electron chi connectivity index (χ1n) is 5.11. The predicted octanol–water partition coefficient (Wildman–Crippen LogP) is 2.21. The molecule has 0 unspecified atom stereocenters. The van der Waals surface area contributed by atoms with Crippen LogP contribution in [0.15, 0.2) is 48.8 Å². The van der Waals surface area contributed by atoms with Gasteiger partial charge in [-0.15, -0.1) is 0 Å². The van der Waals surface area contributed by atoms with Gasteiger partial charge in [-0.1, -0.05) is 12.1 Å². The van der Waals surface area contributed by atoms with Crippen LogP contribution in [0.3, 0.4) is 0 Å². The van der Waals surface area contributed by atoms with Crippen molar-refractivity contribution in [3.8, 4) is 16.9 Å². The van der Waals surface area contributed by atoms with E-state index in [1.54, 1.807) is 24.5 Å². The van der Waals surface area contributed by atoms with E-state index in [1.165, 1.54) is 0 Å². The van der Waals surface area contributed by atoms with Gasteiger partial charge in [-0.05, 0) is 35.4 Å². The molecule has 0 aliphatic carbocycles. The minimum Gasteiger partial charge on any atom is -0.482 e. The van der Waals surface area contributed by atoms with Crippen LogP contribution in [0.25, 0.3) is 11.1 Å². The lowest BCUT2D eigenvalue weighted by Crippen LogP contribution is -2.09.